The van der Waals surface area contributed by atoms with Crippen molar-refractivity contribution in [2.45, 2.75) is 51.4 Å². The Labute approximate surface area is 170 Å². The molecule has 4 rings (SSSR count). The second-order valence-electron chi connectivity index (χ2n) is 7.11. The molecule has 1 aliphatic carbocycles. The van der Waals surface area contributed by atoms with Gasteiger partial charge < -0.3 is 5.73 Å². The summed E-state index contributed by atoms with van der Waals surface area (Å²) in [7, 11) is -3.64. The Balaban J connectivity index is 1.76. The van der Waals surface area contributed by atoms with Gasteiger partial charge in [-0.3, -0.25) is 0 Å². The molecular weight excluding hydrogens is 388 g/mol. The van der Waals surface area contributed by atoms with Crippen LogP contribution in [0.15, 0.2) is 86.6 Å². The lowest BCUT2D eigenvalue weighted by atomic mass is 10.1. The van der Waals surface area contributed by atoms with E-state index in [1.165, 1.54) is 30.2 Å². The quantitative estimate of drug-likeness (QED) is 0.621. The fourth-order valence-corrected chi connectivity index (χ4v) is 5.72. The Morgan fingerprint density at radius 3 is 2.43 bits per heavy atom. The van der Waals surface area contributed by atoms with E-state index >= 15 is 0 Å². The highest BCUT2D eigenvalue weighted by atomic mass is 32.2. The van der Waals surface area contributed by atoms with Gasteiger partial charge in [0.25, 0.3) is 0 Å². The van der Waals surface area contributed by atoms with Crippen molar-refractivity contribution in [3.63, 3.8) is 0 Å². The molecule has 0 bridgehead atoms. The van der Waals surface area contributed by atoms with Crippen LogP contribution in [0.25, 0.3) is 0 Å². The Hall–Kier alpha value is -2.15. The van der Waals surface area contributed by atoms with E-state index in [0.29, 0.717) is 10.8 Å². The molecule has 2 aromatic carbocycles. The first-order valence-corrected chi connectivity index (χ1v) is 11.6. The van der Waals surface area contributed by atoms with Gasteiger partial charge in [0.05, 0.1) is 9.79 Å². The molecule has 0 unspecified atom stereocenters. The third-order valence-corrected chi connectivity index (χ3v) is 7.84. The Morgan fingerprint density at radius 1 is 1.07 bits per heavy atom. The molecule has 6 heteroatoms. The number of benzene rings is 2. The van der Waals surface area contributed by atoms with Crippen LogP contribution in [-0.2, 0) is 9.84 Å². The number of sulfone groups is 1. The molecule has 0 aliphatic heterocycles. The minimum Gasteiger partial charge on any atom is -0.324 e. The van der Waals surface area contributed by atoms with Gasteiger partial charge in [-0.15, -0.1) is 0 Å². The number of rotatable bonds is 6. The number of aromatic nitrogens is 1. The van der Waals surface area contributed by atoms with Crippen molar-refractivity contribution in [2.75, 3.05) is 0 Å². The molecular formula is C22H22N2O2S2. The van der Waals surface area contributed by atoms with Gasteiger partial charge in [-0.25, -0.2) is 13.4 Å². The summed E-state index contributed by atoms with van der Waals surface area (Å²) in [6.07, 6.45) is 4.05. The molecule has 0 amide bonds. The molecule has 1 fully saturated rings. The molecule has 0 saturated heterocycles. The van der Waals surface area contributed by atoms with Crippen molar-refractivity contribution in [3.05, 3.63) is 78.0 Å². The van der Waals surface area contributed by atoms with E-state index in [1.807, 2.05) is 37.3 Å². The number of hydrogen-bond donors (Lipinski definition) is 1. The minimum absolute atomic E-state index is 0.134. The second-order valence-corrected chi connectivity index (χ2v) is 10.1. The predicted octanol–water partition coefficient (Wildman–Crippen LogP) is 4.96. The van der Waals surface area contributed by atoms with Crippen molar-refractivity contribution >= 4 is 21.6 Å². The van der Waals surface area contributed by atoms with Crippen molar-refractivity contribution in [1.82, 2.24) is 4.98 Å². The van der Waals surface area contributed by atoms with E-state index in [-0.39, 0.29) is 10.9 Å². The van der Waals surface area contributed by atoms with E-state index < -0.39 is 9.84 Å². The third kappa shape index (κ3) is 3.99. The number of nitrogens with zero attached hydrogens (tertiary/aromatic N) is 1. The molecule has 4 nitrogen and oxygen atoms in total. The smallest absolute Gasteiger partial charge is 0.207 e. The third-order valence-electron chi connectivity index (χ3n) is 4.87. The first-order valence-electron chi connectivity index (χ1n) is 9.28. The molecule has 144 valence electrons. The highest BCUT2D eigenvalue weighted by molar-refractivity contribution is 8.00. The zero-order valence-corrected chi connectivity index (χ0v) is 17.2. The van der Waals surface area contributed by atoms with E-state index in [9.17, 15) is 8.42 Å². The predicted molar refractivity (Wildman–Crippen MR) is 111 cm³/mol. The number of nitrogens with two attached hydrogens (primary N) is 1. The average molecular weight is 411 g/mol. The minimum atomic E-state index is -3.64. The normalized spacial score (nSPS) is 15.4. The van der Waals surface area contributed by atoms with Crippen LogP contribution in [0.2, 0.25) is 0 Å². The molecule has 28 heavy (non-hydrogen) atoms. The molecule has 2 N–H and O–H groups in total. The SMILES string of the molecule is C[C@H](N)c1ccc(S(=O)(=O)c2ccc(C3CC3)cc2Sc2ccccn2)cc1. The Morgan fingerprint density at radius 2 is 1.82 bits per heavy atom. The fraction of sp³-hybridized carbons (Fsp3) is 0.227. The summed E-state index contributed by atoms with van der Waals surface area (Å²) in [5.74, 6) is 0.546. The van der Waals surface area contributed by atoms with Crippen molar-refractivity contribution in [3.8, 4) is 0 Å². The summed E-state index contributed by atoms with van der Waals surface area (Å²) >= 11 is 1.39. The van der Waals surface area contributed by atoms with Crippen LogP contribution in [0, 0.1) is 0 Å². The molecule has 0 radical (unpaired) electrons. The zero-order chi connectivity index (χ0) is 19.7. The number of hydrogen-bond acceptors (Lipinski definition) is 5. The molecule has 3 aromatic rings. The lowest BCUT2D eigenvalue weighted by Crippen LogP contribution is -2.07. The van der Waals surface area contributed by atoms with Crippen LogP contribution in [0.3, 0.4) is 0 Å². The van der Waals surface area contributed by atoms with Gasteiger partial charge in [0, 0.05) is 17.1 Å². The second kappa shape index (κ2) is 7.70. The van der Waals surface area contributed by atoms with Crippen LogP contribution in [0.5, 0.6) is 0 Å². The van der Waals surface area contributed by atoms with Gasteiger partial charge in [0.2, 0.25) is 9.84 Å². The van der Waals surface area contributed by atoms with E-state index in [0.717, 1.165) is 15.5 Å². The first-order chi connectivity index (χ1) is 13.4. The van der Waals surface area contributed by atoms with Gasteiger partial charge in [-0.2, -0.15) is 0 Å². The highest BCUT2D eigenvalue weighted by Crippen LogP contribution is 2.43. The van der Waals surface area contributed by atoms with E-state index in [4.69, 9.17) is 5.73 Å². The van der Waals surface area contributed by atoms with E-state index in [1.54, 1.807) is 36.5 Å². The molecule has 1 aliphatic rings. The maximum absolute atomic E-state index is 13.4. The lowest BCUT2D eigenvalue weighted by molar-refractivity contribution is 0.594. The average Bonchev–Trinajstić information content (AvgIpc) is 3.54. The summed E-state index contributed by atoms with van der Waals surface area (Å²) in [6.45, 7) is 1.88. The zero-order valence-electron chi connectivity index (χ0n) is 15.6. The maximum atomic E-state index is 13.4. The van der Waals surface area contributed by atoms with Crippen molar-refractivity contribution in [2.24, 2.45) is 5.73 Å². The summed E-state index contributed by atoms with van der Waals surface area (Å²) < 4.78 is 26.7. The number of pyridine rings is 1. The van der Waals surface area contributed by atoms with Gasteiger partial charge in [-0.1, -0.05) is 36.0 Å². The fourth-order valence-electron chi connectivity index (χ4n) is 3.09. The van der Waals surface area contributed by atoms with Crippen LogP contribution in [0.4, 0.5) is 0 Å². The van der Waals surface area contributed by atoms with Crippen LogP contribution < -0.4 is 5.73 Å². The molecule has 1 aromatic heterocycles. The van der Waals surface area contributed by atoms with Crippen LogP contribution in [-0.4, -0.2) is 13.4 Å². The standard InChI is InChI=1S/C22H22N2O2S2/c1-15(23)16-7-10-19(11-8-16)28(25,26)21-12-9-18(17-5-6-17)14-20(21)27-22-4-2-3-13-24-22/h2-4,7-15,17H,5-6,23H2,1H3/t15-/m0/s1. The summed E-state index contributed by atoms with van der Waals surface area (Å²) in [5.41, 5.74) is 7.99. The van der Waals surface area contributed by atoms with Crippen molar-refractivity contribution < 1.29 is 8.42 Å². The molecule has 1 atom stereocenters. The largest absolute Gasteiger partial charge is 0.324 e. The molecule has 1 saturated carbocycles. The molecule has 1 heterocycles. The topological polar surface area (TPSA) is 73.1 Å². The Kier molecular flexibility index (Phi) is 5.27. The monoisotopic (exact) mass is 410 g/mol. The Bertz CT molecular complexity index is 1080. The van der Waals surface area contributed by atoms with Gasteiger partial charge >= 0.3 is 0 Å². The molecule has 0 spiro atoms. The van der Waals surface area contributed by atoms with Crippen molar-refractivity contribution in [1.29, 1.82) is 0 Å². The maximum Gasteiger partial charge on any atom is 0.207 e. The van der Waals surface area contributed by atoms with Gasteiger partial charge in [0.1, 0.15) is 5.03 Å². The first kappa shape index (κ1) is 19.2. The summed E-state index contributed by atoms with van der Waals surface area (Å²) in [4.78, 5) is 5.66. The highest BCUT2D eigenvalue weighted by Gasteiger charge is 2.27. The lowest BCUT2D eigenvalue weighted by Gasteiger charge is -2.13. The van der Waals surface area contributed by atoms with E-state index in [2.05, 4.69) is 4.98 Å². The van der Waals surface area contributed by atoms with Crippen LogP contribution >= 0.6 is 11.8 Å². The van der Waals surface area contributed by atoms with Crippen LogP contribution in [0.1, 0.15) is 42.9 Å². The summed E-state index contributed by atoms with van der Waals surface area (Å²) in [6, 6.07) is 18.0. The summed E-state index contributed by atoms with van der Waals surface area (Å²) in [5, 5.41) is 0.777. The van der Waals surface area contributed by atoms with Gasteiger partial charge in [0.15, 0.2) is 0 Å². The van der Waals surface area contributed by atoms with Gasteiger partial charge in [-0.05, 0) is 73.2 Å².